The number of hydrogen-bond donors (Lipinski definition) is 2. The van der Waals surface area contributed by atoms with Crippen molar-refractivity contribution in [1.29, 1.82) is 0 Å². The van der Waals surface area contributed by atoms with Crippen molar-refractivity contribution in [2.75, 3.05) is 26.4 Å². The van der Waals surface area contributed by atoms with Crippen LogP contribution in [0.15, 0.2) is 60.8 Å². The first-order valence-corrected chi connectivity index (χ1v) is 33.7. The van der Waals surface area contributed by atoms with Gasteiger partial charge in [-0.15, -0.1) is 0 Å². The highest BCUT2D eigenvalue weighted by Crippen LogP contribution is 2.43. The molecule has 0 aliphatic heterocycles. The van der Waals surface area contributed by atoms with E-state index < -0.39 is 57.8 Å². The molecule has 0 aromatic heterocycles. The molecule has 3 atom stereocenters. The summed E-state index contributed by atoms with van der Waals surface area (Å²) in [6, 6.07) is 0. The normalized spacial score (nSPS) is 13.7. The van der Waals surface area contributed by atoms with Gasteiger partial charge in [-0.05, 0) is 57.8 Å². The predicted octanol–water partition coefficient (Wildman–Crippen LogP) is 19.5. The van der Waals surface area contributed by atoms with Gasteiger partial charge in [-0.2, -0.15) is 0 Å². The minimum Gasteiger partial charge on any atom is -0.462 e. The van der Waals surface area contributed by atoms with Gasteiger partial charge in [0.2, 0.25) is 0 Å². The number of allylic oxidation sites excluding steroid dienone is 10. The zero-order chi connectivity index (χ0) is 56.9. The number of aliphatic hydroxyl groups is 1. The fourth-order valence-electron chi connectivity index (χ4n) is 9.10. The highest BCUT2D eigenvalue weighted by molar-refractivity contribution is 7.47. The average Bonchev–Trinajstić information content (AvgIpc) is 3.43. The highest BCUT2D eigenvalue weighted by atomic mass is 31.2. The number of carbonyl (C=O) groups is 3. The number of carbonyl (C=O) groups excluding carboxylic acids is 3. The second-order valence-corrected chi connectivity index (χ2v) is 23.0. The number of rotatable bonds is 60. The molecule has 0 spiro atoms. The number of ether oxygens (including phenoxy) is 3. The summed E-state index contributed by atoms with van der Waals surface area (Å²) in [7, 11) is -4.76. The van der Waals surface area contributed by atoms with Gasteiger partial charge in [0.05, 0.1) is 19.8 Å². The Hall–Kier alpha value is -2.82. The molecule has 0 saturated carbocycles. The Morgan fingerprint density at radius 2 is 0.667 bits per heavy atom. The molecule has 0 aliphatic carbocycles. The van der Waals surface area contributed by atoms with Crippen molar-refractivity contribution >= 4 is 25.7 Å². The van der Waals surface area contributed by atoms with Gasteiger partial charge in [0.1, 0.15) is 12.7 Å². The fourth-order valence-corrected chi connectivity index (χ4v) is 9.88. The molecule has 12 heteroatoms. The fraction of sp³-hybridized carbons (Fsp3) is 0.803. The van der Waals surface area contributed by atoms with E-state index in [1.807, 2.05) is 6.08 Å². The molecule has 2 N–H and O–H groups in total. The first-order chi connectivity index (χ1) is 38.2. The molecule has 11 nitrogen and oxygen atoms in total. The second-order valence-electron chi connectivity index (χ2n) is 21.6. The Labute approximate surface area is 478 Å². The number of hydrogen-bond acceptors (Lipinski definition) is 10. The first kappa shape index (κ1) is 75.2. The van der Waals surface area contributed by atoms with Crippen LogP contribution in [0.5, 0.6) is 0 Å². The quantitative estimate of drug-likeness (QED) is 0.0197. The molecular weight excluding hydrogens is 1000 g/mol. The lowest BCUT2D eigenvalue weighted by molar-refractivity contribution is -0.161. The molecule has 0 aromatic carbocycles. The molecule has 0 aromatic rings. The summed E-state index contributed by atoms with van der Waals surface area (Å²) in [5.74, 6) is -1.51. The maximum Gasteiger partial charge on any atom is 0.472 e. The summed E-state index contributed by atoms with van der Waals surface area (Å²) in [6.07, 6.45) is 67.6. The van der Waals surface area contributed by atoms with Crippen LogP contribution in [0.4, 0.5) is 0 Å². The summed E-state index contributed by atoms with van der Waals surface area (Å²) >= 11 is 0. The average molecular weight is 1120 g/mol. The van der Waals surface area contributed by atoms with Gasteiger partial charge >= 0.3 is 25.7 Å². The molecule has 3 unspecified atom stereocenters. The first-order valence-electron chi connectivity index (χ1n) is 32.2. The van der Waals surface area contributed by atoms with Crippen molar-refractivity contribution in [3.8, 4) is 0 Å². The number of phosphoric acid groups is 1. The van der Waals surface area contributed by atoms with Crippen molar-refractivity contribution in [2.24, 2.45) is 0 Å². The largest absolute Gasteiger partial charge is 0.472 e. The number of phosphoric ester groups is 1. The SMILES string of the molecule is CC/C=C\C/C=C\C/C=C\C/C=C\C/C=C\CCCC(=O)OC(COC(=O)CCCCCCCCCCCCCCCCCCCCC)COP(=O)(O)OCC(CO)OC(=O)CCCCCCCCCCCCCCCCC. The monoisotopic (exact) mass is 1120 g/mol. The summed E-state index contributed by atoms with van der Waals surface area (Å²) < 4.78 is 39.6. The maximum atomic E-state index is 12.9. The predicted molar refractivity (Wildman–Crippen MR) is 325 cm³/mol. The van der Waals surface area contributed by atoms with E-state index in [4.69, 9.17) is 23.3 Å². The zero-order valence-electron chi connectivity index (χ0n) is 50.4. The van der Waals surface area contributed by atoms with Crippen molar-refractivity contribution < 1.29 is 52.2 Å². The Morgan fingerprint density at radius 3 is 1.03 bits per heavy atom. The van der Waals surface area contributed by atoms with Crippen molar-refractivity contribution in [2.45, 2.75) is 315 Å². The number of unbranched alkanes of at least 4 members (excludes halogenated alkanes) is 33. The van der Waals surface area contributed by atoms with Crippen LogP contribution in [0.3, 0.4) is 0 Å². The molecule has 0 amide bonds. The lowest BCUT2D eigenvalue weighted by Crippen LogP contribution is -2.30. The third-order valence-corrected chi connectivity index (χ3v) is 14.9. The van der Waals surface area contributed by atoms with E-state index in [0.717, 1.165) is 70.6 Å². The van der Waals surface area contributed by atoms with Crippen LogP contribution in [-0.2, 0) is 42.2 Å². The molecule has 454 valence electrons. The standard InChI is InChI=1S/C66H119O11P/c1-4-7-10-13-16-19-22-25-28-30-31-33-35-37-40-43-46-49-52-55-64(68)73-59-63(77-66(70)57-54-51-48-45-42-39-36-32-29-26-23-20-17-14-11-8-5-2)61-75-78(71,72)74-60-62(58-67)76-65(69)56-53-50-47-44-41-38-34-27-24-21-18-15-12-9-6-3/h8,11,17,20,26,29,36,39,45,48,62-63,67H,4-7,9-10,12-16,18-19,21-25,27-28,30-35,37-38,40-44,46-47,49-61H2,1-3H3,(H,71,72)/b11-8-,20-17-,29-26-,39-36-,48-45-. The van der Waals surface area contributed by atoms with Crippen LogP contribution >= 0.6 is 7.82 Å². The van der Waals surface area contributed by atoms with Crippen LogP contribution in [-0.4, -0.2) is 66.5 Å². The van der Waals surface area contributed by atoms with Crippen LogP contribution in [0.2, 0.25) is 0 Å². The summed E-state index contributed by atoms with van der Waals surface area (Å²) in [4.78, 5) is 48.7. The van der Waals surface area contributed by atoms with Gasteiger partial charge in [0.15, 0.2) is 6.10 Å². The van der Waals surface area contributed by atoms with Crippen LogP contribution in [0.1, 0.15) is 303 Å². The molecule has 0 aliphatic rings. The van der Waals surface area contributed by atoms with Gasteiger partial charge in [-0.3, -0.25) is 23.4 Å². The highest BCUT2D eigenvalue weighted by Gasteiger charge is 2.28. The lowest BCUT2D eigenvalue weighted by Gasteiger charge is -2.21. The van der Waals surface area contributed by atoms with E-state index in [-0.39, 0.29) is 25.9 Å². The van der Waals surface area contributed by atoms with Crippen LogP contribution in [0.25, 0.3) is 0 Å². The second kappa shape index (κ2) is 60.3. The molecule has 0 fully saturated rings. The van der Waals surface area contributed by atoms with Gasteiger partial charge in [-0.25, -0.2) is 4.57 Å². The maximum absolute atomic E-state index is 12.9. The smallest absolute Gasteiger partial charge is 0.462 e. The molecule has 0 saturated heterocycles. The van der Waals surface area contributed by atoms with Gasteiger partial charge in [-0.1, -0.05) is 287 Å². The van der Waals surface area contributed by atoms with E-state index >= 15 is 0 Å². The van der Waals surface area contributed by atoms with Crippen molar-refractivity contribution in [1.82, 2.24) is 0 Å². The minimum atomic E-state index is -4.76. The van der Waals surface area contributed by atoms with Gasteiger partial charge in [0, 0.05) is 19.3 Å². The Kier molecular flexibility index (Phi) is 58.1. The van der Waals surface area contributed by atoms with Crippen LogP contribution < -0.4 is 0 Å². The van der Waals surface area contributed by atoms with Gasteiger partial charge in [0.25, 0.3) is 0 Å². The molecule has 0 heterocycles. The third-order valence-electron chi connectivity index (χ3n) is 14.0. The van der Waals surface area contributed by atoms with Crippen molar-refractivity contribution in [3.63, 3.8) is 0 Å². The van der Waals surface area contributed by atoms with Crippen LogP contribution in [0, 0.1) is 0 Å². The third kappa shape index (κ3) is 57.9. The molecule has 0 rings (SSSR count). The zero-order valence-corrected chi connectivity index (χ0v) is 51.3. The van der Waals surface area contributed by atoms with E-state index in [9.17, 15) is 28.9 Å². The van der Waals surface area contributed by atoms with E-state index in [0.29, 0.717) is 25.7 Å². The van der Waals surface area contributed by atoms with E-state index in [1.54, 1.807) is 0 Å². The Bertz CT molecular complexity index is 1540. The van der Waals surface area contributed by atoms with Gasteiger partial charge < -0.3 is 24.2 Å². The minimum absolute atomic E-state index is 0.0916. The number of esters is 3. The Morgan fingerprint density at radius 1 is 0.372 bits per heavy atom. The topological polar surface area (TPSA) is 155 Å². The number of aliphatic hydroxyl groups excluding tert-OH is 1. The molecule has 78 heavy (non-hydrogen) atoms. The molecular formula is C66H119O11P. The lowest BCUT2D eigenvalue weighted by atomic mass is 10.0. The summed E-state index contributed by atoms with van der Waals surface area (Å²) in [5, 5.41) is 9.84. The molecule has 0 radical (unpaired) electrons. The van der Waals surface area contributed by atoms with E-state index in [2.05, 4.69) is 75.5 Å². The Balaban J connectivity index is 4.73. The van der Waals surface area contributed by atoms with Crippen molar-refractivity contribution in [3.05, 3.63) is 60.8 Å². The summed E-state index contributed by atoms with van der Waals surface area (Å²) in [5.41, 5.74) is 0. The molecule has 0 bridgehead atoms. The summed E-state index contributed by atoms with van der Waals surface area (Å²) in [6.45, 7) is 4.53. The van der Waals surface area contributed by atoms with E-state index in [1.165, 1.54) is 167 Å².